The van der Waals surface area contributed by atoms with Gasteiger partial charge in [0.25, 0.3) is 0 Å². The van der Waals surface area contributed by atoms with Crippen LogP contribution in [0.3, 0.4) is 0 Å². The van der Waals surface area contributed by atoms with Crippen molar-refractivity contribution in [3.63, 3.8) is 0 Å². The zero-order valence-corrected chi connectivity index (χ0v) is 17.1. The van der Waals surface area contributed by atoms with E-state index in [4.69, 9.17) is 0 Å². The molecule has 2 nitrogen and oxygen atoms in total. The van der Waals surface area contributed by atoms with E-state index < -0.39 is 0 Å². The van der Waals surface area contributed by atoms with Gasteiger partial charge in [0, 0.05) is 22.3 Å². The highest BCUT2D eigenvalue weighted by molar-refractivity contribution is 6.31. The van der Waals surface area contributed by atoms with Crippen LogP contribution >= 0.6 is 0 Å². The Morgan fingerprint density at radius 3 is 1.44 bits per heavy atom. The van der Waals surface area contributed by atoms with E-state index in [1.807, 2.05) is 54.6 Å². The Morgan fingerprint density at radius 1 is 0.344 bits per heavy atom. The minimum atomic E-state index is -0.0838. The molecule has 32 heavy (non-hydrogen) atoms. The molecule has 0 aliphatic heterocycles. The number of fused-ring (bicyclic) bond motifs is 7. The van der Waals surface area contributed by atoms with E-state index >= 15 is 0 Å². The zero-order valence-electron chi connectivity index (χ0n) is 17.1. The maximum absolute atomic E-state index is 13.6. The maximum atomic E-state index is 13.6. The van der Waals surface area contributed by atoms with Crippen molar-refractivity contribution in [3.8, 4) is 0 Å². The maximum Gasteiger partial charge on any atom is 0.194 e. The van der Waals surface area contributed by atoms with Gasteiger partial charge in [-0.3, -0.25) is 9.59 Å². The molecule has 0 radical (unpaired) electrons. The Labute approximate surface area is 183 Å². The molecule has 2 heteroatoms. The van der Waals surface area contributed by atoms with E-state index in [1.165, 1.54) is 0 Å². The first kappa shape index (κ1) is 17.4. The van der Waals surface area contributed by atoms with E-state index in [0.29, 0.717) is 22.3 Å². The molecular weight excluding hydrogens is 392 g/mol. The quantitative estimate of drug-likeness (QED) is 0.199. The van der Waals surface area contributed by atoms with Gasteiger partial charge in [-0.2, -0.15) is 0 Å². The van der Waals surface area contributed by atoms with E-state index in [0.717, 1.165) is 43.1 Å². The van der Waals surface area contributed by atoms with Gasteiger partial charge in [-0.25, -0.2) is 0 Å². The van der Waals surface area contributed by atoms with Crippen molar-refractivity contribution in [3.05, 3.63) is 119 Å². The Hall–Kier alpha value is -4.30. The molecular formula is C30H16O2. The third-order valence-corrected chi connectivity index (χ3v) is 6.70. The molecule has 0 aromatic heterocycles. The van der Waals surface area contributed by atoms with Gasteiger partial charge in [0.15, 0.2) is 11.6 Å². The van der Waals surface area contributed by atoms with Crippen molar-refractivity contribution in [2.75, 3.05) is 0 Å². The minimum Gasteiger partial charge on any atom is -0.289 e. The highest BCUT2D eigenvalue weighted by Gasteiger charge is 2.30. The molecule has 1 aliphatic carbocycles. The van der Waals surface area contributed by atoms with Gasteiger partial charge < -0.3 is 0 Å². The zero-order chi connectivity index (χ0) is 21.4. The number of ketones is 2. The first-order valence-electron chi connectivity index (χ1n) is 10.7. The molecule has 0 unspecified atom stereocenters. The first-order chi connectivity index (χ1) is 15.7. The number of benzene rings is 6. The monoisotopic (exact) mass is 408 g/mol. The summed E-state index contributed by atoms with van der Waals surface area (Å²) in [5.41, 5.74) is 1.97. The summed E-state index contributed by atoms with van der Waals surface area (Å²) in [5, 5.41) is 8.35. The molecule has 0 heterocycles. The Bertz CT molecular complexity index is 1790. The lowest BCUT2D eigenvalue weighted by Crippen LogP contribution is -2.21. The van der Waals surface area contributed by atoms with Crippen LogP contribution in [0.1, 0.15) is 31.8 Å². The van der Waals surface area contributed by atoms with E-state index in [-0.39, 0.29) is 11.6 Å². The van der Waals surface area contributed by atoms with Gasteiger partial charge in [-0.15, -0.1) is 0 Å². The molecule has 0 fully saturated rings. The number of rotatable bonds is 0. The molecule has 0 bridgehead atoms. The van der Waals surface area contributed by atoms with Crippen LogP contribution in [0.5, 0.6) is 0 Å². The van der Waals surface area contributed by atoms with Gasteiger partial charge in [0.1, 0.15) is 0 Å². The minimum absolute atomic E-state index is 0.0836. The standard InChI is InChI=1S/C30H16O2/c31-29-25-13-20-10-9-17-5-3-4-8-23(17)24(20)16-28(25)30(32)27-15-22-12-19-7-2-1-6-18(19)11-21(22)14-26(27)29/h1-16H. The summed E-state index contributed by atoms with van der Waals surface area (Å²) in [6.07, 6.45) is 0. The molecule has 0 amide bonds. The molecule has 1 aliphatic rings. The van der Waals surface area contributed by atoms with Crippen LogP contribution in [0.4, 0.5) is 0 Å². The van der Waals surface area contributed by atoms with Crippen LogP contribution < -0.4 is 0 Å². The average Bonchev–Trinajstić information content (AvgIpc) is 2.84. The number of hydrogen-bond donors (Lipinski definition) is 0. The van der Waals surface area contributed by atoms with Crippen LogP contribution in [0, 0.1) is 0 Å². The second-order valence-electron chi connectivity index (χ2n) is 8.51. The van der Waals surface area contributed by atoms with Crippen molar-refractivity contribution in [1.82, 2.24) is 0 Å². The van der Waals surface area contributed by atoms with Crippen LogP contribution in [-0.4, -0.2) is 11.6 Å². The lowest BCUT2D eigenvalue weighted by Gasteiger charge is -2.20. The van der Waals surface area contributed by atoms with Crippen molar-refractivity contribution < 1.29 is 9.59 Å². The fourth-order valence-corrected chi connectivity index (χ4v) is 5.09. The topological polar surface area (TPSA) is 34.1 Å². The van der Waals surface area contributed by atoms with Crippen molar-refractivity contribution in [2.45, 2.75) is 0 Å². The number of carbonyl (C=O) groups excluding carboxylic acids is 2. The van der Waals surface area contributed by atoms with Gasteiger partial charge >= 0.3 is 0 Å². The summed E-state index contributed by atoms with van der Waals surface area (Å²) in [5.74, 6) is -0.167. The summed E-state index contributed by atoms with van der Waals surface area (Å²) in [6, 6.07) is 32.1. The van der Waals surface area contributed by atoms with E-state index in [1.54, 1.807) is 0 Å². The highest BCUT2D eigenvalue weighted by atomic mass is 16.1. The summed E-state index contributed by atoms with van der Waals surface area (Å²) in [7, 11) is 0. The molecule has 0 atom stereocenters. The smallest absolute Gasteiger partial charge is 0.194 e. The van der Waals surface area contributed by atoms with Gasteiger partial charge in [-0.05, 0) is 79.5 Å². The van der Waals surface area contributed by atoms with Gasteiger partial charge in [-0.1, -0.05) is 60.7 Å². The Balaban J connectivity index is 1.52. The molecule has 148 valence electrons. The van der Waals surface area contributed by atoms with Gasteiger partial charge in [0.2, 0.25) is 0 Å². The summed E-state index contributed by atoms with van der Waals surface area (Å²) >= 11 is 0. The van der Waals surface area contributed by atoms with Crippen molar-refractivity contribution in [1.29, 1.82) is 0 Å². The van der Waals surface area contributed by atoms with E-state index in [2.05, 4.69) is 42.5 Å². The lowest BCUT2D eigenvalue weighted by atomic mass is 9.81. The van der Waals surface area contributed by atoms with Crippen molar-refractivity contribution in [2.24, 2.45) is 0 Å². The Morgan fingerprint density at radius 2 is 0.812 bits per heavy atom. The van der Waals surface area contributed by atoms with E-state index in [9.17, 15) is 9.59 Å². The molecule has 6 aromatic rings. The largest absolute Gasteiger partial charge is 0.289 e. The molecule has 0 saturated heterocycles. The SMILES string of the molecule is O=C1c2cc3cc4ccccc4cc3cc2C(=O)c2cc3c(ccc4ccccc43)cc21. The normalized spacial score (nSPS) is 13.1. The molecule has 0 spiro atoms. The summed E-state index contributed by atoms with van der Waals surface area (Å²) < 4.78 is 0. The molecule has 0 saturated carbocycles. The summed E-state index contributed by atoms with van der Waals surface area (Å²) in [4.78, 5) is 27.1. The number of hydrogen-bond acceptors (Lipinski definition) is 2. The molecule has 7 rings (SSSR count). The van der Waals surface area contributed by atoms with Crippen LogP contribution in [-0.2, 0) is 0 Å². The second-order valence-corrected chi connectivity index (χ2v) is 8.51. The van der Waals surface area contributed by atoms with Crippen molar-refractivity contribution >= 4 is 54.7 Å². The third kappa shape index (κ3) is 2.29. The molecule has 6 aromatic carbocycles. The summed E-state index contributed by atoms with van der Waals surface area (Å²) in [6.45, 7) is 0. The first-order valence-corrected chi connectivity index (χ1v) is 10.7. The lowest BCUT2D eigenvalue weighted by molar-refractivity contribution is 0.0979. The van der Waals surface area contributed by atoms with Crippen LogP contribution in [0.15, 0.2) is 97.1 Å². The number of carbonyl (C=O) groups is 2. The van der Waals surface area contributed by atoms with Crippen LogP contribution in [0.2, 0.25) is 0 Å². The highest BCUT2D eigenvalue weighted by Crippen LogP contribution is 2.36. The van der Waals surface area contributed by atoms with Gasteiger partial charge in [0.05, 0.1) is 0 Å². The predicted molar refractivity (Wildman–Crippen MR) is 130 cm³/mol. The second kappa shape index (κ2) is 6.12. The Kier molecular flexibility index (Phi) is 3.32. The fraction of sp³-hybridized carbons (Fsp3) is 0. The molecule has 0 N–H and O–H groups in total. The third-order valence-electron chi connectivity index (χ3n) is 6.70. The average molecular weight is 408 g/mol. The predicted octanol–water partition coefficient (Wildman–Crippen LogP) is 7.07. The fourth-order valence-electron chi connectivity index (χ4n) is 5.09. The van der Waals surface area contributed by atoms with Crippen LogP contribution in [0.25, 0.3) is 43.1 Å².